The van der Waals surface area contributed by atoms with Gasteiger partial charge in [0.15, 0.2) is 0 Å². The minimum Gasteiger partial charge on any atom is -0.464 e. The summed E-state index contributed by atoms with van der Waals surface area (Å²) in [6.45, 7) is 0.0115. The molecular weight excluding hydrogens is 280 g/mol. The van der Waals surface area contributed by atoms with Crippen LogP contribution in [-0.2, 0) is 25.7 Å². The van der Waals surface area contributed by atoms with Crippen LogP contribution in [0.1, 0.15) is 5.56 Å². The van der Waals surface area contributed by atoms with Gasteiger partial charge in [0, 0.05) is 4.91 Å². The summed E-state index contributed by atoms with van der Waals surface area (Å²) in [5, 5.41) is 2.18. The molecule has 1 saturated heterocycles. The maximum Gasteiger partial charge on any atom is 0.464 e. The molecule has 8 heteroatoms. The lowest BCUT2D eigenvalue weighted by Crippen LogP contribution is -2.68. The van der Waals surface area contributed by atoms with Gasteiger partial charge < -0.3 is 9.47 Å². The van der Waals surface area contributed by atoms with E-state index >= 15 is 0 Å². The Balaban J connectivity index is 1.88. The number of nitroso groups, excluding NO2 is 1. The number of esters is 1. The second kappa shape index (κ2) is 6.12. The lowest BCUT2D eigenvalue weighted by Gasteiger charge is -2.22. The highest BCUT2D eigenvalue weighted by atomic mass is 16.5. The lowest BCUT2D eigenvalue weighted by molar-refractivity contribution is -0.543. The van der Waals surface area contributed by atoms with Gasteiger partial charge in [-0.2, -0.15) is 0 Å². The molecule has 0 spiro atoms. The van der Waals surface area contributed by atoms with Crippen LogP contribution in [0.2, 0.25) is 0 Å². The number of nitrogens with one attached hydrogen (secondary N) is 1. The number of carbonyl (C=O) groups excluding carboxylic acids is 3. The lowest BCUT2D eigenvalue weighted by atomic mass is 9.99. The van der Waals surface area contributed by atoms with Gasteiger partial charge in [0.1, 0.15) is 6.61 Å². The first-order chi connectivity index (χ1) is 10.0. The molecule has 8 nitrogen and oxygen atoms in total. The third-order valence-electron chi connectivity index (χ3n) is 2.98. The molecular formula is C13H13N2O6+. The number of hydrogen-bond acceptors (Lipinski definition) is 6. The summed E-state index contributed by atoms with van der Waals surface area (Å²) in [6, 6.07) is 6.30. The fourth-order valence-electron chi connectivity index (χ4n) is 1.85. The van der Waals surface area contributed by atoms with E-state index in [1.807, 2.05) is 6.07 Å². The standard InChI is InChI=1S/C13H12N2O6/c1-20-12(17)10-9(11(16)15(10)19)14-13(18)21-7-8-5-3-2-4-6-8/h2-6,9-10H,7H2,1H3/p+1/t9-,10-/m1/s1. The van der Waals surface area contributed by atoms with E-state index in [0.29, 0.717) is 0 Å². The third kappa shape index (κ3) is 3.04. The first kappa shape index (κ1) is 14.6. The van der Waals surface area contributed by atoms with Crippen molar-refractivity contribution in [2.45, 2.75) is 18.7 Å². The molecule has 0 saturated carbocycles. The molecule has 0 aromatic heterocycles. The number of amides is 2. The monoisotopic (exact) mass is 293 g/mol. The zero-order valence-corrected chi connectivity index (χ0v) is 11.1. The number of β-lactam (4-membered cyclic amide) rings is 1. The van der Waals surface area contributed by atoms with E-state index in [1.165, 1.54) is 0 Å². The highest BCUT2D eigenvalue weighted by molar-refractivity contribution is 5.94. The van der Waals surface area contributed by atoms with Gasteiger partial charge in [-0.3, -0.25) is 5.32 Å². The summed E-state index contributed by atoms with van der Waals surface area (Å²) >= 11 is 0. The Labute approximate surface area is 119 Å². The van der Waals surface area contributed by atoms with Crippen LogP contribution >= 0.6 is 0 Å². The van der Waals surface area contributed by atoms with Gasteiger partial charge >= 0.3 is 24.0 Å². The molecule has 110 valence electrons. The van der Waals surface area contributed by atoms with Crippen LogP contribution in [0, 0.1) is 4.91 Å². The molecule has 2 amide bonds. The number of carbonyl (C=O) groups is 3. The van der Waals surface area contributed by atoms with Crippen molar-refractivity contribution in [3.8, 4) is 0 Å². The molecule has 0 bridgehead atoms. The summed E-state index contributed by atoms with van der Waals surface area (Å²) in [5.74, 6) is -1.81. The minimum atomic E-state index is -1.37. The zero-order chi connectivity index (χ0) is 15.4. The van der Waals surface area contributed by atoms with E-state index in [2.05, 4.69) is 10.1 Å². The van der Waals surface area contributed by atoms with Crippen molar-refractivity contribution in [1.29, 1.82) is 0 Å². The van der Waals surface area contributed by atoms with Crippen LogP contribution < -0.4 is 5.32 Å². The highest BCUT2D eigenvalue weighted by Crippen LogP contribution is 2.15. The average Bonchev–Trinajstić information content (AvgIpc) is 2.52. The largest absolute Gasteiger partial charge is 0.464 e. The summed E-state index contributed by atoms with van der Waals surface area (Å²) < 4.78 is 9.26. The number of hydrogen-bond donors (Lipinski definition) is 1. The fraction of sp³-hybridized carbons (Fsp3) is 0.308. The van der Waals surface area contributed by atoms with Gasteiger partial charge in [-0.05, 0) is 5.56 Å². The topological polar surface area (TPSA) is 102 Å². The highest BCUT2D eigenvalue weighted by Gasteiger charge is 2.65. The maximum atomic E-state index is 11.6. The van der Waals surface area contributed by atoms with Crippen molar-refractivity contribution in [3.63, 3.8) is 0 Å². The SMILES string of the molecule is COC(=O)[C@H]1[C@@H](NC(=O)OCc2ccccc2)C(=O)[N+]1=O. The van der Waals surface area contributed by atoms with Gasteiger partial charge in [0.25, 0.3) is 0 Å². The van der Waals surface area contributed by atoms with Crippen LogP contribution in [0.5, 0.6) is 0 Å². The predicted octanol–water partition coefficient (Wildman–Crippen LogP) is 0.142. The zero-order valence-electron chi connectivity index (χ0n) is 11.1. The predicted molar refractivity (Wildman–Crippen MR) is 68.0 cm³/mol. The second-order valence-corrected chi connectivity index (χ2v) is 4.32. The second-order valence-electron chi connectivity index (χ2n) is 4.32. The average molecular weight is 293 g/mol. The molecule has 2 atom stereocenters. The van der Waals surface area contributed by atoms with Gasteiger partial charge in [-0.25, -0.2) is 14.4 Å². The van der Waals surface area contributed by atoms with Crippen molar-refractivity contribution < 1.29 is 28.6 Å². The minimum absolute atomic E-state index is 0.0115. The summed E-state index contributed by atoms with van der Waals surface area (Å²) in [7, 11) is 1.09. The number of nitrogens with zero attached hydrogens (tertiary/aromatic N) is 1. The van der Waals surface area contributed by atoms with Crippen LogP contribution in [0.25, 0.3) is 0 Å². The van der Waals surface area contributed by atoms with Gasteiger partial charge in [-0.1, -0.05) is 30.3 Å². The summed E-state index contributed by atoms with van der Waals surface area (Å²) in [5.41, 5.74) is 0.766. The molecule has 0 unspecified atom stereocenters. The van der Waals surface area contributed by atoms with Crippen LogP contribution in [0.15, 0.2) is 30.3 Å². The Hall–Kier alpha value is -2.77. The normalized spacial score (nSPS) is 20.4. The van der Waals surface area contributed by atoms with E-state index in [0.717, 1.165) is 12.7 Å². The maximum absolute atomic E-state index is 11.6. The number of alkyl carbamates (subject to hydrolysis) is 1. The Kier molecular flexibility index (Phi) is 4.27. The Morgan fingerprint density at radius 3 is 2.57 bits per heavy atom. The molecule has 1 aliphatic heterocycles. The Bertz CT molecular complexity index is 586. The summed E-state index contributed by atoms with van der Waals surface area (Å²) in [4.78, 5) is 45.4. The van der Waals surface area contributed by atoms with Gasteiger partial charge in [0.05, 0.1) is 11.9 Å². The van der Waals surface area contributed by atoms with Crippen LogP contribution in [-0.4, -0.2) is 41.9 Å². The number of benzene rings is 1. The van der Waals surface area contributed by atoms with Crippen molar-refractivity contribution >= 4 is 18.0 Å². The third-order valence-corrected chi connectivity index (χ3v) is 2.98. The molecule has 1 aromatic rings. The van der Waals surface area contributed by atoms with Crippen molar-refractivity contribution in [1.82, 2.24) is 5.32 Å². The molecule has 1 fully saturated rings. The number of rotatable bonds is 4. The molecule has 1 aromatic carbocycles. The van der Waals surface area contributed by atoms with E-state index in [4.69, 9.17) is 4.74 Å². The quantitative estimate of drug-likeness (QED) is 0.481. The first-order valence-corrected chi connectivity index (χ1v) is 6.10. The first-order valence-electron chi connectivity index (χ1n) is 6.10. The molecule has 0 aliphatic carbocycles. The molecule has 1 N–H and O–H groups in total. The smallest absolute Gasteiger partial charge is 0.464 e. The van der Waals surface area contributed by atoms with E-state index in [-0.39, 0.29) is 11.4 Å². The van der Waals surface area contributed by atoms with Gasteiger partial charge in [0.2, 0.25) is 6.04 Å². The van der Waals surface area contributed by atoms with Crippen LogP contribution in [0.3, 0.4) is 0 Å². The van der Waals surface area contributed by atoms with E-state index in [9.17, 15) is 19.3 Å². The number of ether oxygens (including phenoxy) is 2. The van der Waals surface area contributed by atoms with E-state index in [1.54, 1.807) is 24.3 Å². The van der Waals surface area contributed by atoms with Crippen LogP contribution in [0.4, 0.5) is 4.79 Å². The Morgan fingerprint density at radius 2 is 1.95 bits per heavy atom. The molecule has 2 rings (SSSR count). The number of methoxy groups -OCH3 is 1. The van der Waals surface area contributed by atoms with Crippen molar-refractivity contribution in [2.24, 2.45) is 0 Å². The van der Waals surface area contributed by atoms with E-state index < -0.39 is 30.1 Å². The molecule has 1 aliphatic rings. The molecule has 0 radical (unpaired) electrons. The summed E-state index contributed by atoms with van der Waals surface area (Å²) in [6.07, 6.45) is -0.890. The van der Waals surface area contributed by atoms with Gasteiger partial charge in [-0.15, -0.1) is 0 Å². The Morgan fingerprint density at radius 1 is 1.29 bits per heavy atom. The molecule has 21 heavy (non-hydrogen) atoms. The molecule has 1 heterocycles. The van der Waals surface area contributed by atoms with Crippen molar-refractivity contribution in [2.75, 3.05) is 7.11 Å². The fourth-order valence-corrected chi connectivity index (χ4v) is 1.85. The van der Waals surface area contributed by atoms with Crippen molar-refractivity contribution in [3.05, 3.63) is 40.8 Å².